The third-order valence-electron chi connectivity index (χ3n) is 14.3. The summed E-state index contributed by atoms with van der Waals surface area (Å²) in [6.07, 6.45) is 0. The van der Waals surface area contributed by atoms with Gasteiger partial charge in [0.25, 0.3) is 0 Å². The monoisotopic (exact) mass is 805 g/mol. The van der Waals surface area contributed by atoms with Crippen molar-refractivity contribution in [1.82, 2.24) is 0 Å². The number of fused-ring (bicyclic) bond motifs is 9. The zero-order valence-electron chi connectivity index (χ0n) is 36.2. The molecule has 0 amide bonds. The van der Waals surface area contributed by atoms with Crippen molar-refractivity contribution in [3.05, 3.63) is 235 Å². The van der Waals surface area contributed by atoms with E-state index in [1.54, 1.807) is 0 Å². The molecule has 10 aromatic carbocycles. The van der Waals surface area contributed by atoms with Crippen LogP contribution in [0.2, 0.25) is 0 Å². The fourth-order valence-corrected chi connectivity index (χ4v) is 10.9. The Labute approximate surface area is 370 Å². The van der Waals surface area contributed by atoms with E-state index in [1.807, 2.05) is 0 Å². The Morgan fingerprint density at radius 3 is 1.41 bits per heavy atom. The van der Waals surface area contributed by atoms with Gasteiger partial charge in [-0.3, -0.25) is 0 Å². The standard InChI is InChI=1S/C62H47N/c1-61(2)57-21-13-12-20-52(57)54-34-31-47(38-59(54)61)63(46-29-26-41(27-30-46)40-14-6-5-7-15-40)48-32-35-55-53-33-28-44(37-58(53)62(3,4)60(55)39-48)42-22-24-43(25-23-42)56-36-45-16-8-9-17-49(45)50-18-10-11-19-51(50)56/h5-39H,1-4H3. The lowest BCUT2D eigenvalue weighted by Crippen LogP contribution is -2.18. The van der Waals surface area contributed by atoms with Crippen LogP contribution < -0.4 is 4.90 Å². The van der Waals surface area contributed by atoms with Gasteiger partial charge in [-0.25, -0.2) is 0 Å². The molecule has 1 nitrogen and oxygen atoms in total. The van der Waals surface area contributed by atoms with Gasteiger partial charge in [0.1, 0.15) is 0 Å². The highest BCUT2D eigenvalue weighted by molar-refractivity contribution is 6.13. The van der Waals surface area contributed by atoms with Crippen molar-refractivity contribution in [2.75, 3.05) is 4.90 Å². The smallest absolute Gasteiger partial charge is 0.0465 e. The van der Waals surface area contributed by atoms with Gasteiger partial charge in [-0.2, -0.15) is 0 Å². The summed E-state index contributed by atoms with van der Waals surface area (Å²) in [5, 5.41) is 5.15. The Bertz CT molecular complexity index is 3420. The molecule has 63 heavy (non-hydrogen) atoms. The first-order chi connectivity index (χ1) is 30.7. The second-order valence-electron chi connectivity index (χ2n) is 18.5. The van der Waals surface area contributed by atoms with Crippen molar-refractivity contribution in [1.29, 1.82) is 0 Å². The summed E-state index contributed by atoms with van der Waals surface area (Å²) in [5.74, 6) is 0. The van der Waals surface area contributed by atoms with Crippen molar-refractivity contribution in [3.63, 3.8) is 0 Å². The van der Waals surface area contributed by atoms with Crippen LogP contribution in [-0.4, -0.2) is 0 Å². The molecule has 0 spiro atoms. The maximum atomic E-state index is 2.46. The molecule has 0 saturated carbocycles. The first kappa shape index (κ1) is 37.3. The van der Waals surface area contributed by atoms with E-state index in [-0.39, 0.29) is 10.8 Å². The van der Waals surface area contributed by atoms with E-state index in [2.05, 4.69) is 245 Å². The lowest BCUT2D eigenvalue weighted by Gasteiger charge is -2.30. The van der Waals surface area contributed by atoms with E-state index < -0.39 is 0 Å². The number of hydrogen-bond donors (Lipinski definition) is 0. The zero-order valence-corrected chi connectivity index (χ0v) is 36.2. The molecule has 0 fully saturated rings. The minimum absolute atomic E-state index is 0.102. The van der Waals surface area contributed by atoms with Gasteiger partial charge in [-0.1, -0.05) is 191 Å². The molecule has 0 aliphatic heterocycles. The van der Waals surface area contributed by atoms with Crippen molar-refractivity contribution < 1.29 is 0 Å². The van der Waals surface area contributed by atoms with Gasteiger partial charge in [0.2, 0.25) is 0 Å². The highest BCUT2D eigenvalue weighted by atomic mass is 15.1. The highest BCUT2D eigenvalue weighted by Crippen LogP contribution is 2.54. The van der Waals surface area contributed by atoms with Crippen LogP contribution >= 0.6 is 0 Å². The predicted octanol–water partition coefficient (Wildman–Crippen LogP) is 17.1. The van der Waals surface area contributed by atoms with Crippen LogP contribution in [0.3, 0.4) is 0 Å². The highest BCUT2D eigenvalue weighted by Gasteiger charge is 2.38. The van der Waals surface area contributed by atoms with Gasteiger partial charge in [-0.15, -0.1) is 0 Å². The molecule has 0 atom stereocenters. The third kappa shape index (κ3) is 5.84. The van der Waals surface area contributed by atoms with E-state index in [0.29, 0.717) is 0 Å². The molecule has 0 saturated heterocycles. The molecule has 10 aromatic rings. The fraction of sp³-hybridized carbons (Fsp3) is 0.0968. The van der Waals surface area contributed by atoms with E-state index in [1.165, 1.54) is 99.4 Å². The average Bonchev–Trinajstić information content (AvgIpc) is 3.70. The van der Waals surface area contributed by atoms with Crippen LogP contribution in [0, 0.1) is 0 Å². The Balaban J connectivity index is 0.919. The van der Waals surface area contributed by atoms with Crippen molar-refractivity contribution in [2.45, 2.75) is 38.5 Å². The van der Waals surface area contributed by atoms with Crippen LogP contribution in [0.15, 0.2) is 212 Å². The predicted molar refractivity (Wildman–Crippen MR) is 268 cm³/mol. The van der Waals surface area contributed by atoms with Gasteiger partial charge in [0.15, 0.2) is 0 Å². The van der Waals surface area contributed by atoms with Crippen LogP contribution in [0.25, 0.3) is 77.2 Å². The van der Waals surface area contributed by atoms with Crippen molar-refractivity contribution in [2.24, 2.45) is 0 Å². The minimum Gasteiger partial charge on any atom is -0.310 e. The Kier molecular flexibility index (Phi) is 8.30. The summed E-state index contributed by atoms with van der Waals surface area (Å²) in [7, 11) is 0. The molecular weight excluding hydrogens is 759 g/mol. The minimum atomic E-state index is -0.203. The molecule has 0 heterocycles. The van der Waals surface area contributed by atoms with Crippen molar-refractivity contribution in [3.8, 4) is 55.6 Å². The van der Waals surface area contributed by atoms with E-state index >= 15 is 0 Å². The lowest BCUT2D eigenvalue weighted by atomic mass is 9.81. The summed E-state index contributed by atoms with van der Waals surface area (Å²) in [6, 6.07) is 79.0. The van der Waals surface area contributed by atoms with Crippen LogP contribution in [0.4, 0.5) is 17.1 Å². The molecule has 0 N–H and O–H groups in total. The van der Waals surface area contributed by atoms with Crippen LogP contribution in [-0.2, 0) is 10.8 Å². The van der Waals surface area contributed by atoms with Gasteiger partial charge in [0.05, 0.1) is 0 Å². The summed E-state index contributed by atoms with van der Waals surface area (Å²) >= 11 is 0. The number of nitrogens with zero attached hydrogens (tertiary/aromatic N) is 1. The maximum absolute atomic E-state index is 2.46. The fourth-order valence-electron chi connectivity index (χ4n) is 10.9. The Morgan fingerprint density at radius 2 is 0.714 bits per heavy atom. The molecule has 12 rings (SSSR count). The van der Waals surface area contributed by atoms with Gasteiger partial charge in [0, 0.05) is 27.9 Å². The molecule has 1 heteroatoms. The molecular formula is C62H47N. The summed E-state index contributed by atoms with van der Waals surface area (Å²) in [4.78, 5) is 2.46. The van der Waals surface area contributed by atoms with Gasteiger partial charge in [-0.05, 0) is 148 Å². The van der Waals surface area contributed by atoms with E-state index in [0.717, 1.165) is 17.1 Å². The number of rotatable bonds is 6. The molecule has 0 aromatic heterocycles. The number of benzene rings is 10. The molecule has 0 unspecified atom stereocenters. The number of hydrogen-bond acceptors (Lipinski definition) is 1. The first-order valence-electron chi connectivity index (χ1n) is 22.2. The summed E-state index contributed by atoms with van der Waals surface area (Å²) in [6.45, 7) is 9.52. The summed E-state index contributed by atoms with van der Waals surface area (Å²) in [5.41, 5.74) is 21.3. The summed E-state index contributed by atoms with van der Waals surface area (Å²) < 4.78 is 0. The molecule has 0 bridgehead atoms. The van der Waals surface area contributed by atoms with Crippen LogP contribution in [0.1, 0.15) is 49.9 Å². The Morgan fingerprint density at radius 1 is 0.270 bits per heavy atom. The molecule has 2 aliphatic rings. The second-order valence-corrected chi connectivity index (χ2v) is 18.5. The lowest BCUT2D eigenvalue weighted by molar-refractivity contribution is 0.660. The van der Waals surface area contributed by atoms with E-state index in [9.17, 15) is 0 Å². The van der Waals surface area contributed by atoms with Crippen LogP contribution in [0.5, 0.6) is 0 Å². The zero-order chi connectivity index (χ0) is 42.5. The van der Waals surface area contributed by atoms with Gasteiger partial charge < -0.3 is 4.90 Å². The quantitative estimate of drug-likeness (QED) is 0.151. The van der Waals surface area contributed by atoms with Crippen molar-refractivity contribution >= 4 is 38.6 Å². The number of anilines is 3. The molecule has 0 radical (unpaired) electrons. The molecule has 300 valence electrons. The largest absolute Gasteiger partial charge is 0.310 e. The van der Waals surface area contributed by atoms with E-state index in [4.69, 9.17) is 0 Å². The maximum Gasteiger partial charge on any atom is 0.0465 e. The topological polar surface area (TPSA) is 3.24 Å². The molecule has 2 aliphatic carbocycles. The van der Waals surface area contributed by atoms with Gasteiger partial charge >= 0.3 is 0 Å². The normalized spacial score (nSPS) is 14.0. The second kappa shape index (κ2) is 14.0. The Hall–Kier alpha value is -7.48. The average molecular weight is 806 g/mol. The SMILES string of the molecule is CC1(C)c2ccccc2-c2ccc(N(c3ccc(-c4ccccc4)cc3)c3ccc4c(c3)C(C)(C)c3cc(-c5ccc(-c6cc7ccccc7c7ccccc67)cc5)ccc3-4)cc21. The first-order valence-corrected chi connectivity index (χ1v) is 22.2. The third-order valence-corrected chi connectivity index (χ3v) is 14.3.